The molecule has 1 aromatic heterocycles. The summed E-state index contributed by atoms with van der Waals surface area (Å²) in [6.45, 7) is 8.02. The summed E-state index contributed by atoms with van der Waals surface area (Å²) >= 11 is 0. The van der Waals surface area contributed by atoms with Gasteiger partial charge < -0.3 is 9.88 Å². The van der Waals surface area contributed by atoms with Crippen molar-refractivity contribution in [2.24, 2.45) is 0 Å². The Morgan fingerprint density at radius 1 is 1.25 bits per heavy atom. The molecule has 1 aliphatic heterocycles. The number of benzene rings is 1. The van der Waals surface area contributed by atoms with Crippen molar-refractivity contribution < 1.29 is 4.79 Å². The fourth-order valence-corrected chi connectivity index (χ4v) is 3.12. The first-order chi connectivity index (χ1) is 9.61. The molecule has 2 heterocycles. The second kappa shape index (κ2) is 4.78. The molecule has 4 nitrogen and oxygen atoms in total. The monoisotopic (exact) mass is 269 g/mol. The molecule has 0 atom stereocenters. The van der Waals surface area contributed by atoms with E-state index in [0.29, 0.717) is 5.69 Å². The smallest absolute Gasteiger partial charge is 0.203 e. The van der Waals surface area contributed by atoms with Gasteiger partial charge in [0, 0.05) is 18.7 Å². The zero-order chi connectivity index (χ0) is 14.3. The number of aldehydes is 1. The summed E-state index contributed by atoms with van der Waals surface area (Å²) in [5.41, 5.74) is 6.14. The zero-order valence-corrected chi connectivity index (χ0v) is 12.2. The van der Waals surface area contributed by atoms with E-state index in [1.807, 2.05) is 4.57 Å². The molecular formula is C16H19N3O. The molecule has 0 aliphatic carbocycles. The van der Waals surface area contributed by atoms with Gasteiger partial charge in [0.05, 0.1) is 0 Å². The summed E-state index contributed by atoms with van der Waals surface area (Å²) in [6.07, 6.45) is 1.95. The summed E-state index contributed by atoms with van der Waals surface area (Å²) in [5.74, 6) is 0.813. The van der Waals surface area contributed by atoms with E-state index in [4.69, 9.17) is 0 Å². The van der Waals surface area contributed by atoms with Crippen molar-refractivity contribution in [1.82, 2.24) is 9.55 Å². The molecule has 104 valence electrons. The minimum atomic E-state index is 0.683. The number of aryl methyl sites for hydroxylation is 3. The highest BCUT2D eigenvalue weighted by Gasteiger charge is 2.22. The molecule has 0 fully saturated rings. The number of anilines is 1. The first-order valence-electron chi connectivity index (χ1n) is 6.99. The number of carbonyl (C=O) groups is 1. The van der Waals surface area contributed by atoms with Gasteiger partial charge in [-0.15, -0.1) is 0 Å². The molecular weight excluding hydrogens is 250 g/mol. The molecule has 4 heteroatoms. The van der Waals surface area contributed by atoms with Crippen LogP contribution in [0.25, 0.3) is 11.3 Å². The van der Waals surface area contributed by atoms with E-state index in [2.05, 4.69) is 43.2 Å². The van der Waals surface area contributed by atoms with Gasteiger partial charge in [-0.3, -0.25) is 4.79 Å². The number of nitrogens with one attached hydrogen (secondary N) is 1. The first-order valence-corrected chi connectivity index (χ1v) is 6.99. The van der Waals surface area contributed by atoms with Gasteiger partial charge in [0.1, 0.15) is 11.4 Å². The molecule has 20 heavy (non-hydrogen) atoms. The second-order valence-corrected chi connectivity index (χ2v) is 5.49. The van der Waals surface area contributed by atoms with Gasteiger partial charge in [0.2, 0.25) is 5.95 Å². The lowest BCUT2D eigenvalue weighted by molar-refractivity contribution is 0.111. The number of carbonyl (C=O) groups excluding carboxylic acids is 1. The molecule has 1 aliphatic rings. The maximum atomic E-state index is 11.5. The third-order valence-electron chi connectivity index (χ3n) is 3.87. The SMILES string of the molecule is Cc1cc(C)c(-c2nc3n(c2C=O)CCCN3)c(C)c1. The number of hydrogen-bond acceptors (Lipinski definition) is 3. The van der Waals surface area contributed by atoms with Crippen molar-refractivity contribution in [3.8, 4) is 11.3 Å². The number of fused-ring (bicyclic) bond motifs is 1. The maximum Gasteiger partial charge on any atom is 0.203 e. The van der Waals surface area contributed by atoms with Crippen molar-refractivity contribution in [1.29, 1.82) is 0 Å². The van der Waals surface area contributed by atoms with Gasteiger partial charge in [-0.25, -0.2) is 4.98 Å². The highest BCUT2D eigenvalue weighted by Crippen LogP contribution is 2.32. The summed E-state index contributed by atoms with van der Waals surface area (Å²) in [6, 6.07) is 4.28. The average Bonchev–Trinajstić information content (AvgIpc) is 2.75. The number of imidazole rings is 1. The van der Waals surface area contributed by atoms with Crippen molar-refractivity contribution in [2.45, 2.75) is 33.7 Å². The van der Waals surface area contributed by atoms with Gasteiger partial charge in [0.15, 0.2) is 6.29 Å². The third kappa shape index (κ3) is 1.92. The molecule has 0 unspecified atom stereocenters. The van der Waals surface area contributed by atoms with Crippen LogP contribution in [0.4, 0.5) is 5.95 Å². The van der Waals surface area contributed by atoms with Crippen LogP contribution in [0.5, 0.6) is 0 Å². The summed E-state index contributed by atoms with van der Waals surface area (Å²) in [7, 11) is 0. The minimum Gasteiger partial charge on any atom is -0.356 e. The standard InChI is InChI=1S/C16H19N3O/c1-10-7-11(2)14(12(3)8-10)15-13(9-20)19-6-4-5-17-16(19)18-15/h7-9H,4-6H2,1-3H3,(H,17,18). The largest absolute Gasteiger partial charge is 0.356 e. The van der Waals surface area contributed by atoms with Gasteiger partial charge in [-0.1, -0.05) is 17.7 Å². The van der Waals surface area contributed by atoms with Crippen LogP contribution in [0.3, 0.4) is 0 Å². The molecule has 0 amide bonds. The Labute approximate surface area is 118 Å². The van der Waals surface area contributed by atoms with Crippen LogP contribution in [0.2, 0.25) is 0 Å². The van der Waals surface area contributed by atoms with E-state index in [1.165, 1.54) is 16.7 Å². The minimum absolute atomic E-state index is 0.683. The van der Waals surface area contributed by atoms with Crippen molar-refractivity contribution in [2.75, 3.05) is 11.9 Å². The summed E-state index contributed by atoms with van der Waals surface area (Å²) in [4.78, 5) is 16.2. The normalized spacial score (nSPS) is 13.8. The predicted molar refractivity (Wildman–Crippen MR) is 80.4 cm³/mol. The molecule has 0 spiro atoms. The van der Waals surface area contributed by atoms with Crippen LogP contribution in [-0.2, 0) is 6.54 Å². The Bertz CT molecular complexity index is 662. The van der Waals surface area contributed by atoms with Crippen LogP contribution in [0.1, 0.15) is 33.6 Å². The second-order valence-electron chi connectivity index (χ2n) is 5.49. The van der Waals surface area contributed by atoms with E-state index in [9.17, 15) is 4.79 Å². The number of rotatable bonds is 2. The van der Waals surface area contributed by atoms with Gasteiger partial charge in [-0.2, -0.15) is 0 Å². The molecule has 1 aromatic carbocycles. The number of hydrogen-bond donors (Lipinski definition) is 1. The van der Waals surface area contributed by atoms with Gasteiger partial charge >= 0.3 is 0 Å². The van der Waals surface area contributed by atoms with Gasteiger partial charge in [0.25, 0.3) is 0 Å². The van der Waals surface area contributed by atoms with Crippen LogP contribution in [0, 0.1) is 20.8 Å². The van der Waals surface area contributed by atoms with Crippen molar-refractivity contribution >= 4 is 12.2 Å². The van der Waals surface area contributed by atoms with E-state index in [-0.39, 0.29) is 0 Å². The number of nitrogens with zero attached hydrogens (tertiary/aromatic N) is 2. The Morgan fingerprint density at radius 2 is 1.95 bits per heavy atom. The zero-order valence-electron chi connectivity index (χ0n) is 12.2. The van der Waals surface area contributed by atoms with E-state index in [0.717, 1.165) is 43.0 Å². The third-order valence-corrected chi connectivity index (χ3v) is 3.87. The predicted octanol–water partition coefficient (Wildman–Crippen LogP) is 3.10. The van der Waals surface area contributed by atoms with E-state index < -0.39 is 0 Å². The average molecular weight is 269 g/mol. The van der Waals surface area contributed by atoms with Crippen LogP contribution in [-0.4, -0.2) is 22.4 Å². The lowest BCUT2D eigenvalue weighted by Crippen LogP contribution is -2.18. The summed E-state index contributed by atoms with van der Waals surface area (Å²) in [5, 5.41) is 3.27. The topological polar surface area (TPSA) is 46.9 Å². The number of aromatic nitrogens is 2. The molecule has 0 saturated heterocycles. The van der Waals surface area contributed by atoms with Crippen LogP contribution < -0.4 is 5.32 Å². The first kappa shape index (κ1) is 12.9. The lowest BCUT2D eigenvalue weighted by Gasteiger charge is -2.16. The highest BCUT2D eigenvalue weighted by molar-refractivity contribution is 5.87. The Hall–Kier alpha value is -2.10. The molecule has 3 rings (SSSR count). The fraction of sp³-hybridized carbons (Fsp3) is 0.375. The lowest BCUT2D eigenvalue weighted by atomic mass is 9.96. The summed E-state index contributed by atoms with van der Waals surface area (Å²) < 4.78 is 1.99. The Morgan fingerprint density at radius 3 is 2.60 bits per heavy atom. The molecule has 0 bridgehead atoms. The van der Waals surface area contributed by atoms with E-state index in [1.54, 1.807) is 0 Å². The molecule has 0 saturated carbocycles. The van der Waals surface area contributed by atoms with Crippen LogP contribution in [0.15, 0.2) is 12.1 Å². The molecule has 2 aromatic rings. The quantitative estimate of drug-likeness (QED) is 0.852. The molecule has 0 radical (unpaired) electrons. The maximum absolute atomic E-state index is 11.5. The Kier molecular flexibility index (Phi) is 3.08. The van der Waals surface area contributed by atoms with E-state index >= 15 is 0 Å². The van der Waals surface area contributed by atoms with Crippen molar-refractivity contribution in [3.05, 3.63) is 34.5 Å². The van der Waals surface area contributed by atoms with Gasteiger partial charge in [-0.05, 0) is 38.3 Å². The fourth-order valence-electron chi connectivity index (χ4n) is 3.12. The molecule has 1 N–H and O–H groups in total. The Balaban J connectivity index is 2.25. The van der Waals surface area contributed by atoms with Crippen molar-refractivity contribution in [3.63, 3.8) is 0 Å². The highest BCUT2D eigenvalue weighted by atomic mass is 16.1. The van der Waals surface area contributed by atoms with Crippen LogP contribution >= 0.6 is 0 Å².